The lowest BCUT2D eigenvalue weighted by Crippen LogP contribution is -2.44. The van der Waals surface area contributed by atoms with Crippen molar-refractivity contribution in [2.24, 2.45) is 5.92 Å². The van der Waals surface area contributed by atoms with Gasteiger partial charge in [0.1, 0.15) is 12.6 Å². The molecule has 0 aliphatic heterocycles. The Morgan fingerprint density at radius 1 is 1.08 bits per heavy atom. The van der Waals surface area contributed by atoms with E-state index in [9.17, 15) is 14.0 Å². The Labute approximate surface area is 152 Å². The standard InChI is InChI=1S/C21H22FNO3/c1-3-13(2)19(20(22)24)23-21(25)26-12-18-16-10-6-4-8-14(16)15-9-5-7-11-17(15)18/h4-11,13,18-19H,3,12H2,1-2H3,(H,23,25)/t13-,19-/m0/s1. The van der Waals surface area contributed by atoms with Gasteiger partial charge in [0.15, 0.2) is 0 Å². The minimum Gasteiger partial charge on any atom is -0.449 e. The van der Waals surface area contributed by atoms with Crippen molar-refractivity contribution in [3.05, 3.63) is 59.7 Å². The van der Waals surface area contributed by atoms with Crippen molar-refractivity contribution in [1.29, 1.82) is 0 Å². The first-order chi connectivity index (χ1) is 12.5. The van der Waals surface area contributed by atoms with Crippen LogP contribution in [0.3, 0.4) is 0 Å². The van der Waals surface area contributed by atoms with E-state index in [0.717, 1.165) is 22.3 Å². The summed E-state index contributed by atoms with van der Waals surface area (Å²) in [5.74, 6) is -0.371. The molecule has 4 nitrogen and oxygen atoms in total. The zero-order valence-electron chi connectivity index (χ0n) is 14.9. The molecule has 2 atom stereocenters. The first-order valence-electron chi connectivity index (χ1n) is 8.83. The summed E-state index contributed by atoms with van der Waals surface area (Å²) in [7, 11) is 0. The van der Waals surface area contributed by atoms with Gasteiger partial charge in [-0.1, -0.05) is 68.8 Å². The van der Waals surface area contributed by atoms with Crippen LogP contribution in [0.15, 0.2) is 48.5 Å². The summed E-state index contributed by atoms with van der Waals surface area (Å²) in [5, 5.41) is 2.35. The minimum absolute atomic E-state index is 0.0729. The second-order valence-electron chi connectivity index (χ2n) is 6.64. The summed E-state index contributed by atoms with van der Waals surface area (Å²) in [6, 6.07) is 13.3. The number of ether oxygens (including phenoxy) is 1. The smallest absolute Gasteiger partial charge is 0.407 e. The number of hydrogen-bond acceptors (Lipinski definition) is 3. The number of benzene rings is 2. The fourth-order valence-electron chi connectivity index (χ4n) is 3.43. The Morgan fingerprint density at radius 2 is 1.62 bits per heavy atom. The maximum absolute atomic E-state index is 13.2. The number of halogens is 1. The van der Waals surface area contributed by atoms with Gasteiger partial charge in [-0.15, -0.1) is 0 Å². The molecule has 136 valence electrons. The van der Waals surface area contributed by atoms with Crippen LogP contribution in [0.1, 0.15) is 37.3 Å². The Morgan fingerprint density at radius 3 is 2.12 bits per heavy atom. The molecular formula is C21H22FNO3. The largest absolute Gasteiger partial charge is 0.449 e. The van der Waals surface area contributed by atoms with E-state index in [4.69, 9.17) is 4.74 Å². The average Bonchev–Trinajstić information content (AvgIpc) is 2.97. The summed E-state index contributed by atoms with van der Waals surface area (Å²) in [6.45, 7) is 3.68. The zero-order chi connectivity index (χ0) is 18.7. The van der Waals surface area contributed by atoms with Crippen molar-refractivity contribution in [3.63, 3.8) is 0 Å². The molecule has 0 saturated heterocycles. The van der Waals surface area contributed by atoms with Crippen LogP contribution in [0.5, 0.6) is 0 Å². The van der Waals surface area contributed by atoms with E-state index in [-0.39, 0.29) is 18.4 Å². The molecule has 0 unspecified atom stereocenters. The second-order valence-corrected chi connectivity index (χ2v) is 6.64. The minimum atomic E-state index is -1.55. The Bertz CT molecular complexity index is 775. The number of amides is 1. The number of hydrogen-bond donors (Lipinski definition) is 1. The van der Waals surface area contributed by atoms with E-state index >= 15 is 0 Å². The summed E-state index contributed by atoms with van der Waals surface area (Å²) < 4.78 is 18.5. The molecule has 2 aromatic carbocycles. The molecular weight excluding hydrogens is 333 g/mol. The number of alkyl carbamates (subject to hydrolysis) is 1. The highest BCUT2D eigenvalue weighted by Gasteiger charge is 2.30. The van der Waals surface area contributed by atoms with Crippen molar-refractivity contribution in [2.75, 3.05) is 6.61 Å². The highest BCUT2D eigenvalue weighted by Crippen LogP contribution is 2.44. The molecule has 0 spiro atoms. The summed E-state index contributed by atoms with van der Waals surface area (Å²) >= 11 is 0. The van der Waals surface area contributed by atoms with Gasteiger partial charge in [-0.2, -0.15) is 4.39 Å². The Hall–Kier alpha value is -2.69. The van der Waals surface area contributed by atoms with Gasteiger partial charge in [-0.25, -0.2) is 4.79 Å². The van der Waals surface area contributed by atoms with Gasteiger partial charge < -0.3 is 10.1 Å². The van der Waals surface area contributed by atoms with Crippen molar-refractivity contribution < 1.29 is 18.7 Å². The molecule has 2 aromatic rings. The molecule has 1 aliphatic rings. The molecule has 3 rings (SSSR count). The van der Waals surface area contributed by atoms with E-state index in [1.165, 1.54) is 0 Å². The van der Waals surface area contributed by atoms with Crippen LogP contribution >= 0.6 is 0 Å². The lowest BCUT2D eigenvalue weighted by molar-refractivity contribution is -0.132. The van der Waals surface area contributed by atoms with Gasteiger partial charge in [0, 0.05) is 5.92 Å². The topological polar surface area (TPSA) is 55.4 Å². The molecule has 1 aliphatic carbocycles. The Kier molecular flexibility index (Phi) is 5.35. The normalized spacial score (nSPS) is 14.9. The van der Waals surface area contributed by atoms with Crippen molar-refractivity contribution in [2.45, 2.75) is 32.2 Å². The molecule has 0 aromatic heterocycles. The van der Waals surface area contributed by atoms with Crippen LogP contribution in [-0.2, 0) is 9.53 Å². The van der Waals surface area contributed by atoms with Gasteiger partial charge >= 0.3 is 12.1 Å². The number of rotatable bonds is 6. The first kappa shape index (κ1) is 18.1. The van der Waals surface area contributed by atoms with Crippen LogP contribution in [0, 0.1) is 5.92 Å². The third-order valence-corrected chi connectivity index (χ3v) is 5.07. The number of fused-ring (bicyclic) bond motifs is 3. The van der Waals surface area contributed by atoms with E-state index in [1.54, 1.807) is 6.92 Å². The maximum Gasteiger partial charge on any atom is 0.407 e. The lowest BCUT2D eigenvalue weighted by Gasteiger charge is -2.20. The first-order valence-corrected chi connectivity index (χ1v) is 8.83. The average molecular weight is 355 g/mol. The third-order valence-electron chi connectivity index (χ3n) is 5.07. The molecule has 1 N–H and O–H groups in total. The van der Waals surface area contributed by atoms with E-state index in [2.05, 4.69) is 17.4 Å². The van der Waals surface area contributed by atoms with Gasteiger partial charge in [-0.05, 0) is 28.2 Å². The van der Waals surface area contributed by atoms with E-state index in [0.29, 0.717) is 6.42 Å². The quantitative estimate of drug-likeness (QED) is 0.780. The van der Waals surface area contributed by atoms with Crippen LogP contribution in [-0.4, -0.2) is 24.8 Å². The monoisotopic (exact) mass is 355 g/mol. The molecule has 0 saturated carbocycles. The molecule has 26 heavy (non-hydrogen) atoms. The number of carbonyl (C=O) groups excluding carboxylic acids is 2. The van der Waals surface area contributed by atoms with Crippen LogP contribution in [0.25, 0.3) is 11.1 Å². The molecule has 5 heteroatoms. The fourth-order valence-corrected chi connectivity index (χ4v) is 3.43. The molecule has 1 amide bonds. The van der Waals surface area contributed by atoms with E-state index < -0.39 is 18.2 Å². The van der Waals surface area contributed by atoms with Crippen molar-refractivity contribution in [1.82, 2.24) is 5.32 Å². The maximum atomic E-state index is 13.2. The zero-order valence-corrected chi connectivity index (χ0v) is 14.9. The van der Waals surface area contributed by atoms with Crippen LogP contribution < -0.4 is 5.32 Å². The summed E-state index contributed by atoms with van der Waals surface area (Å²) in [5.41, 5.74) is 4.46. The van der Waals surface area contributed by atoms with E-state index in [1.807, 2.05) is 43.3 Å². The SMILES string of the molecule is CC[C@H](C)[C@H](NC(=O)OCC1c2ccccc2-c2ccccc21)C(=O)F. The molecule has 0 radical (unpaired) electrons. The highest BCUT2D eigenvalue weighted by molar-refractivity contribution is 5.81. The van der Waals surface area contributed by atoms with Crippen LogP contribution in [0.2, 0.25) is 0 Å². The fraction of sp³-hybridized carbons (Fsp3) is 0.333. The molecule has 0 bridgehead atoms. The highest BCUT2D eigenvalue weighted by atomic mass is 19.1. The van der Waals surface area contributed by atoms with Crippen molar-refractivity contribution in [3.8, 4) is 11.1 Å². The predicted molar refractivity (Wildman–Crippen MR) is 97.6 cm³/mol. The van der Waals surface area contributed by atoms with Gasteiger partial charge in [0.05, 0.1) is 0 Å². The number of carbonyl (C=O) groups is 2. The van der Waals surface area contributed by atoms with Gasteiger partial charge in [0.2, 0.25) is 0 Å². The summed E-state index contributed by atoms with van der Waals surface area (Å²) in [6.07, 6.45) is -0.201. The second kappa shape index (κ2) is 7.68. The third kappa shape index (κ3) is 3.47. The summed E-state index contributed by atoms with van der Waals surface area (Å²) in [4.78, 5) is 23.2. The molecule has 0 fully saturated rings. The molecule has 0 heterocycles. The number of nitrogens with one attached hydrogen (secondary N) is 1. The van der Waals surface area contributed by atoms with Gasteiger partial charge in [-0.3, -0.25) is 4.79 Å². The van der Waals surface area contributed by atoms with Gasteiger partial charge in [0.25, 0.3) is 0 Å². The Balaban J connectivity index is 1.72. The van der Waals surface area contributed by atoms with Crippen molar-refractivity contribution >= 4 is 12.1 Å². The lowest BCUT2D eigenvalue weighted by atomic mass is 9.98. The predicted octanol–water partition coefficient (Wildman–Crippen LogP) is 4.44. The van der Waals surface area contributed by atoms with Crippen LogP contribution in [0.4, 0.5) is 9.18 Å².